The van der Waals surface area contributed by atoms with Gasteiger partial charge in [-0.2, -0.15) is 0 Å². The van der Waals surface area contributed by atoms with Crippen LogP contribution in [0.5, 0.6) is 11.5 Å². The van der Waals surface area contributed by atoms with Crippen LogP contribution in [-0.2, 0) is 6.42 Å². The van der Waals surface area contributed by atoms with Gasteiger partial charge in [0.15, 0.2) is 11.5 Å². The minimum atomic E-state index is 0.524. The Morgan fingerprint density at radius 2 is 1.71 bits per heavy atom. The summed E-state index contributed by atoms with van der Waals surface area (Å²) in [6, 6.07) is 4.62. The maximum absolute atomic E-state index is 5.31. The van der Waals surface area contributed by atoms with Crippen LogP contribution in [0.1, 0.15) is 25.0 Å². The number of methoxy groups -OCH3 is 2. The summed E-state index contributed by atoms with van der Waals surface area (Å²) in [7, 11) is 3.33. The fraction of sp³-hybridized carbons (Fsp3) is 0.571. The van der Waals surface area contributed by atoms with Crippen molar-refractivity contribution in [2.75, 3.05) is 20.8 Å². The number of aryl methyl sites for hydroxylation is 1. The van der Waals surface area contributed by atoms with Gasteiger partial charge >= 0.3 is 0 Å². The second kappa shape index (κ2) is 6.50. The van der Waals surface area contributed by atoms with Crippen LogP contribution in [0.15, 0.2) is 12.1 Å². The predicted octanol–water partition coefficient (Wildman–Crippen LogP) is 2.55. The Bertz CT molecular complexity index is 361. The van der Waals surface area contributed by atoms with E-state index in [0.29, 0.717) is 6.04 Å². The number of rotatable bonds is 6. The third-order valence-corrected chi connectivity index (χ3v) is 2.79. The van der Waals surface area contributed by atoms with Crippen LogP contribution in [0.2, 0.25) is 0 Å². The topological polar surface area (TPSA) is 30.5 Å². The number of benzene rings is 1. The van der Waals surface area contributed by atoms with E-state index in [9.17, 15) is 0 Å². The normalized spacial score (nSPS) is 10.7. The average Bonchev–Trinajstić information content (AvgIpc) is 2.30. The van der Waals surface area contributed by atoms with E-state index >= 15 is 0 Å². The van der Waals surface area contributed by atoms with Crippen molar-refractivity contribution in [3.63, 3.8) is 0 Å². The third kappa shape index (κ3) is 3.93. The number of hydrogen-bond donors (Lipinski definition) is 1. The van der Waals surface area contributed by atoms with Crippen molar-refractivity contribution in [1.29, 1.82) is 0 Å². The standard InChI is InChI=1S/C14H23NO2/c1-10(2)15-7-6-12-9-14(17-5)13(16-4)8-11(12)3/h8-10,15H,6-7H2,1-5H3. The Kier molecular flexibility index (Phi) is 5.29. The summed E-state index contributed by atoms with van der Waals surface area (Å²) in [5.41, 5.74) is 2.55. The maximum Gasteiger partial charge on any atom is 0.161 e. The van der Waals surface area contributed by atoms with Gasteiger partial charge in [-0.05, 0) is 43.1 Å². The smallest absolute Gasteiger partial charge is 0.161 e. The lowest BCUT2D eigenvalue weighted by Gasteiger charge is -2.14. The molecule has 0 radical (unpaired) electrons. The number of hydrogen-bond acceptors (Lipinski definition) is 3. The minimum Gasteiger partial charge on any atom is -0.493 e. The zero-order valence-corrected chi connectivity index (χ0v) is 11.5. The first-order chi connectivity index (χ1) is 8.08. The van der Waals surface area contributed by atoms with E-state index in [2.05, 4.69) is 32.2 Å². The highest BCUT2D eigenvalue weighted by Crippen LogP contribution is 2.30. The minimum absolute atomic E-state index is 0.524. The van der Waals surface area contributed by atoms with Gasteiger partial charge in [0.05, 0.1) is 14.2 Å². The molecule has 1 N–H and O–H groups in total. The molecule has 17 heavy (non-hydrogen) atoms. The lowest BCUT2D eigenvalue weighted by molar-refractivity contribution is 0.354. The van der Waals surface area contributed by atoms with Crippen molar-refractivity contribution in [3.05, 3.63) is 23.3 Å². The quantitative estimate of drug-likeness (QED) is 0.825. The predicted molar refractivity (Wildman–Crippen MR) is 71.1 cm³/mol. The van der Waals surface area contributed by atoms with Gasteiger partial charge in [0.1, 0.15) is 0 Å². The molecule has 0 saturated heterocycles. The third-order valence-electron chi connectivity index (χ3n) is 2.79. The van der Waals surface area contributed by atoms with Crippen LogP contribution >= 0.6 is 0 Å². The van der Waals surface area contributed by atoms with E-state index in [1.807, 2.05) is 6.07 Å². The van der Waals surface area contributed by atoms with Crippen molar-refractivity contribution in [3.8, 4) is 11.5 Å². The fourth-order valence-corrected chi connectivity index (χ4v) is 1.79. The monoisotopic (exact) mass is 237 g/mol. The van der Waals surface area contributed by atoms with Crippen LogP contribution in [-0.4, -0.2) is 26.8 Å². The lowest BCUT2D eigenvalue weighted by atomic mass is 10.0. The summed E-state index contributed by atoms with van der Waals surface area (Å²) in [6.07, 6.45) is 1.00. The molecule has 1 aromatic carbocycles. The molecule has 1 aromatic rings. The summed E-state index contributed by atoms with van der Waals surface area (Å²) >= 11 is 0. The molecule has 0 unspecified atom stereocenters. The summed E-state index contributed by atoms with van der Waals surface area (Å²) in [6.45, 7) is 7.39. The van der Waals surface area contributed by atoms with E-state index in [1.165, 1.54) is 11.1 Å². The average molecular weight is 237 g/mol. The van der Waals surface area contributed by atoms with Crippen LogP contribution < -0.4 is 14.8 Å². The molecule has 3 nitrogen and oxygen atoms in total. The van der Waals surface area contributed by atoms with E-state index in [0.717, 1.165) is 24.5 Å². The van der Waals surface area contributed by atoms with Crippen molar-refractivity contribution in [2.45, 2.75) is 33.2 Å². The highest BCUT2D eigenvalue weighted by Gasteiger charge is 2.08. The van der Waals surface area contributed by atoms with Gasteiger partial charge in [-0.25, -0.2) is 0 Å². The molecule has 0 aliphatic heterocycles. The molecule has 0 atom stereocenters. The van der Waals surface area contributed by atoms with Crippen molar-refractivity contribution < 1.29 is 9.47 Å². The van der Waals surface area contributed by atoms with Gasteiger partial charge < -0.3 is 14.8 Å². The molecule has 0 amide bonds. The van der Waals surface area contributed by atoms with Gasteiger partial charge in [-0.1, -0.05) is 13.8 Å². The van der Waals surface area contributed by atoms with Gasteiger partial charge in [0, 0.05) is 6.04 Å². The van der Waals surface area contributed by atoms with Gasteiger partial charge in [-0.3, -0.25) is 0 Å². The first-order valence-corrected chi connectivity index (χ1v) is 6.03. The number of nitrogens with one attached hydrogen (secondary N) is 1. The van der Waals surface area contributed by atoms with Gasteiger partial charge in [0.25, 0.3) is 0 Å². The van der Waals surface area contributed by atoms with Crippen LogP contribution in [0.4, 0.5) is 0 Å². The zero-order chi connectivity index (χ0) is 12.8. The SMILES string of the molecule is COc1cc(C)c(CCNC(C)C)cc1OC. The second-order valence-corrected chi connectivity index (χ2v) is 4.49. The Hall–Kier alpha value is -1.22. The van der Waals surface area contributed by atoms with Crippen molar-refractivity contribution in [1.82, 2.24) is 5.32 Å². The number of ether oxygens (including phenoxy) is 2. The highest BCUT2D eigenvalue weighted by atomic mass is 16.5. The van der Waals surface area contributed by atoms with Crippen LogP contribution in [0, 0.1) is 6.92 Å². The second-order valence-electron chi connectivity index (χ2n) is 4.49. The van der Waals surface area contributed by atoms with E-state index in [1.54, 1.807) is 14.2 Å². The first-order valence-electron chi connectivity index (χ1n) is 6.03. The molecule has 0 spiro atoms. The molecule has 0 aromatic heterocycles. The summed E-state index contributed by atoms with van der Waals surface area (Å²) in [4.78, 5) is 0. The van der Waals surface area contributed by atoms with Crippen LogP contribution in [0.25, 0.3) is 0 Å². The molecule has 3 heteroatoms. The Morgan fingerprint density at radius 3 is 2.24 bits per heavy atom. The summed E-state index contributed by atoms with van der Waals surface area (Å²) in [5, 5.41) is 3.42. The Labute approximate surface area is 104 Å². The van der Waals surface area contributed by atoms with E-state index < -0.39 is 0 Å². The van der Waals surface area contributed by atoms with E-state index in [4.69, 9.17) is 9.47 Å². The maximum atomic E-state index is 5.31. The molecular weight excluding hydrogens is 214 g/mol. The molecule has 0 aliphatic rings. The van der Waals surface area contributed by atoms with Crippen LogP contribution in [0.3, 0.4) is 0 Å². The molecule has 96 valence electrons. The lowest BCUT2D eigenvalue weighted by Crippen LogP contribution is -2.25. The Balaban J connectivity index is 2.78. The van der Waals surface area contributed by atoms with Gasteiger partial charge in [-0.15, -0.1) is 0 Å². The molecule has 0 aliphatic carbocycles. The molecule has 0 heterocycles. The summed E-state index contributed by atoms with van der Waals surface area (Å²) < 4.78 is 10.6. The fourth-order valence-electron chi connectivity index (χ4n) is 1.79. The molecule has 1 rings (SSSR count). The van der Waals surface area contributed by atoms with Crippen molar-refractivity contribution >= 4 is 0 Å². The highest BCUT2D eigenvalue weighted by molar-refractivity contribution is 5.47. The molecule has 0 fully saturated rings. The molecule has 0 bridgehead atoms. The van der Waals surface area contributed by atoms with E-state index in [-0.39, 0.29) is 0 Å². The van der Waals surface area contributed by atoms with Crippen molar-refractivity contribution in [2.24, 2.45) is 0 Å². The molecule has 0 saturated carbocycles. The van der Waals surface area contributed by atoms with Gasteiger partial charge in [0.2, 0.25) is 0 Å². The first kappa shape index (κ1) is 13.8. The summed E-state index contributed by atoms with van der Waals surface area (Å²) in [5.74, 6) is 1.60. The Morgan fingerprint density at radius 1 is 1.12 bits per heavy atom. The zero-order valence-electron chi connectivity index (χ0n) is 11.5. The largest absolute Gasteiger partial charge is 0.493 e. The molecular formula is C14H23NO2.